The summed E-state index contributed by atoms with van der Waals surface area (Å²) in [6, 6.07) is 18.7. The van der Waals surface area contributed by atoms with Crippen molar-refractivity contribution in [2.75, 3.05) is 5.73 Å². The van der Waals surface area contributed by atoms with Crippen molar-refractivity contribution in [3.8, 4) is 22.3 Å². The van der Waals surface area contributed by atoms with Crippen LogP contribution in [0.2, 0.25) is 0 Å². The van der Waals surface area contributed by atoms with E-state index in [1.54, 1.807) is 6.20 Å². The molecule has 0 atom stereocenters. The lowest BCUT2D eigenvalue weighted by atomic mass is 9.98. The summed E-state index contributed by atoms with van der Waals surface area (Å²) in [5.41, 5.74) is 11.3. The van der Waals surface area contributed by atoms with Crippen LogP contribution >= 0.6 is 0 Å². The highest BCUT2D eigenvalue weighted by atomic mass is 15.2. The van der Waals surface area contributed by atoms with Gasteiger partial charge in [-0.2, -0.15) is 5.10 Å². The van der Waals surface area contributed by atoms with Crippen molar-refractivity contribution < 1.29 is 0 Å². The highest BCUT2D eigenvalue weighted by Gasteiger charge is 2.10. The van der Waals surface area contributed by atoms with Crippen molar-refractivity contribution in [1.82, 2.24) is 15.2 Å². The molecule has 0 unspecified atom stereocenters. The van der Waals surface area contributed by atoms with E-state index < -0.39 is 0 Å². The van der Waals surface area contributed by atoms with Crippen molar-refractivity contribution in [2.24, 2.45) is 0 Å². The summed E-state index contributed by atoms with van der Waals surface area (Å²) >= 11 is 0. The van der Waals surface area contributed by atoms with E-state index in [9.17, 15) is 0 Å². The second-order valence-corrected chi connectivity index (χ2v) is 5.17. The Morgan fingerprint density at radius 2 is 1.59 bits per heavy atom. The fourth-order valence-corrected chi connectivity index (χ4v) is 2.71. The van der Waals surface area contributed by atoms with E-state index in [0.29, 0.717) is 5.82 Å². The Balaban J connectivity index is 1.91. The lowest BCUT2D eigenvalue weighted by Gasteiger charge is -2.07. The summed E-state index contributed by atoms with van der Waals surface area (Å²) in [6.45, 7) is 0. The summed E-state index contributed by atoms with van der Waals surface area (Å²) in [4.78, 5) is 4.28. The lowest BCUT2D eigenvalue weighted by molar-refractivity contribution is 1.12. The van der Waals surface area contributed by atoms with Crippen molar-refractivity contribution in [1.29, 1.82) is 0 Å². The number of benzene rings is 2. The van der Waals surface area contributed by atoms with Crippen LogP contribution in [0.1, 0.15) is 0 Å². The molecule has 22 heavy (non-hydrogen) atoms. The van der Waals surface area contributed by atoms with E-state index in [2.05, 4.69) is 45.5 Å². The van der Waals surface area contributed by atoms with Crippen LogP contribution in [-0.4, -0.2) is 15.2 Å². The maximum atomic E-state index is 5.99. The number of nitrogen functional groups attached to an aromatic ring is 1. The first-order valence-electron chi connectivity index (χ1n) is 7.06. The van der Waals surface area contributed by atoms with Crippen LogP contribution in [0.4, 0.5) is 5.82 Å². The van der Waals surface area contributed by atoms with E-state index in [1.165, 1.54) is 5.56 Å². The van der Waals surface area contributed by atoms with E-state index in [4.69, 9.17) is 5.73 Å². The van der Waals surface area contributed by atoms with Gasteiger partial charge in [-0.3, -0.25) is 10.1 Å². The Hall–Kier alpha value is -3.14. The third-order valence-corrected chi connectivity index (χ3v) is 3.78. The number of fused-ring (bicyclic) bond motifs is 1. The van der Waals surface area contributed by atoms with Gasteiger partial charge in [-0.15, -0.1) is 0 Å². The van der Waals surface area contributed by atoms with Crippen LogP contribution < -0.4 is 5.73 Å². The van der Waals surface area contributed by atoms with E-state index >= 15 is 0 Å². The Bertz CT molecular complexity index is 942. The zero-order chi connectivity index (χ0) is 14.9. The molecule has 3 N–H and O–H groups in total. The van der Waals surface area contributed by atoms with Gasteiger partial charge in [0, 0.05) is 11.8 Å². The number of aromatic amines is 1. The fraction of sp³-hybridized carbons (Fsp3) is 0. The minimum atomic E-state index is 0.498. The molecule has 4 rings (SSSR count). The topological polar surface area (TPSA) is 67.6 Å². The Morgan fingerprint density at radius 1 is 0.818 bits per heavy atom. The molecule has 0 spiro atoms. The van der Waals surface area contributed by atoms with Gasteiger partial charge in [0.05, 0.1) is 17.1 Å². The second-order valence-electron chi connectivity index (χ2n) is 5.17. The van der Waals surface area contributed by atoms with Gasteiger partial charge in [-0.05, 0) is 22.8 Å². The summed E-state index contributed by atoms with van der Waals surface area (Å²) in [5.74, 6) is 0.498. The number of H-pyrrole nitrogens is 1. The van der Waals surface area contributed by atoms with Gasteiger partial charge in [0.25, 0.3) is 0 Å². The van der Waals surface area contributed by atoms with E-state index in [0.717, 1.165) is 27.6 Å². The van der Waals surface area contributed by atoms with Crippen LogP contribution in [0.5, 0.6) is 0 Å². The van der Waals surface area contributed by atoms with Crippen LogP contribution in [-0.2, 0) is 0 Å². The smallest absolute Gasteiger partial charge is 0.153 e. The molecule has 4 nitrogen and oxygen atoms in total. The number of hydrogen-bond acceptors (Lipinski definition) is 3. The maximum Gasteiger partial charge on any atom is 0.153 e. The summed E-state index contributed by atoms with van der Waals surface area (Å²) < 4.78 is 0. The Labute approximate surface area is 127 Å². The van der Waals surface area contributed by atoms with Crippen molar-refractivity contribution in [2.45, 2.75) is 0 Å². The zero-order valence-electron chi connectivity index (χ0n) is 11.8. The number of aromatic nitrogens is 3. The molecule has 2 aromatic heterocycles. The van der Waals surface area contributed by atoms with Crippen molar-refractivity contribution >= 4 is 16.7 Å². The van der Waals surface area contributed by atoms with Gasteiger partial charge in [0.1, 0.15) is 0 Å². The fourth-order valence-electron chi connectivity index (χ4n) is 2.71. The molecule has 0 aliphatic rings. The molecule has 0 bridgehead atoms. The molecule has 0 radical (unpaired) electrons. The average molecular weight is 286 g/mol. The minimum Gasteiger partial charge on any atom is -0.382 e. The Morgan fingerprint density at radius 3 is 2.45 bits per heavy atom. The number of hydrogen-bond donors (Lipinski definition) is 2. The third kappa shape index (κ3) is 2.02. The molecular formula is C18H14N4. The van der Waals surface area contributed by atoms with Crippen LogP contribution in [0.15, 0.2) is 67.0 Å². The number of pyridine rings is 1. The highest BCUT2D eigenvalue weighted by molar-refractivity contribution is 6.01. The molecule has 106 valence electrons. The van der Waals surface area contributed by atoms with Gasteiger partial charge in [-0.25, -0.2) is 0 Å². The number of anilines is 1. The quantitative estimate of drug-likeness (QED) is 0.587. The van der Waals surface area contributed by atoms with Gasteiger partial charge < -0.3 is 5.73 Å². The summed E-state index contributed by atoms with van der Waals surface area (Å²) in [6.07, 6.45) is 3.57. The minimum absolute atomic E-state index is 0.498. The summed E-state index contributed by atoms with van der Waals surface area (Å²) in [7, 11) is 0. The number of nitrogens with two attached hydrogens (primary N) is 1. The first kappa shape index (κ1) is 12.6. The molecule has 2 aromatic carbocycles. The SMILES string of the molecule is Nc1n[nH]c2cncc(-c3cccc(-c4ccccc4)c3)c12. The molecule has 0 amide bonds. The summed E-state index contributed by atoms with van der Waals surface area (Å²) in [5, 5.41) is 7.90. The molecular weight excluding hydrogens is 272 g/mol. The van der Waals surface area contributed by atoms with Crippen LogP contribution in [0.25, 0.3) is 33.2 Å². The largest absolute Gasteiger partial charge is 0.382 e. The third-order valence-electron chi connectivity index (χ3n) is 3.78. The first-order chi connectivity index (χ1) is 10.8. The number of nitrogens with one attached hydrogen (secondary N) is 1. The van der Waals surface area contributed by atoms with Gasteiger partial charge in [-0.1, -0.05) is 48.5 Å². The second kappa shape index (κ2) is 5.00. The van der Waals surface area contributed by atoms with Gasteiger partial charge >= 0.3 is 0 Å². The monoisotopic (exact) mass is 286 g/mol. The van der Waals surface area contributed by atoms with E-state index in [1.807, 2.05) is 30.5 Å². The van der Waals surface area contributed by atoms with Crippen LogP contribution in [0.3, 0.4) is 0 Å². The Kier molecular flexibility index (Phi) is 2.86. The van der Waals surface area contributed by atoms with E-state index in [-0.39, 0.29) is 0 Å². The molecule has 4 aromatic rings. The van der Waals surface area contributed by atoms with Gasteiger partial charge in [0.2, 0.25) is 0 Å². The first-order valence-corrected chi connectivity index (χ1v) is 7.06. The van der Waals surface area contributed by atoms with Crippen LogP contribution in [0, 0.1) is 0 Å². The molecule has 2 heterocycles. The molecule has 0 fully saturated rings. The number of nitrogens with zero attached hydrogens (tertiary/aromatic N) is 2. The average Bonchev–Trinajstić information content (AvgIpc) is 2.97. The van der Waals surface area contributed by atoms with Crippen molar-refractivity contribution in [3.05, 3.63) is 67.0 Å². The lowest BCUT2D eigenvalue weighted by Crippen LogP contribution is -1.88. The predicted octanol–water partition coefficient (Wildman–Crippen LogP) is 3.87. The normalized spacial score (nSPS) is 10.9. The standard InChI is InChI=1S/C18H14N4/c19-18-17-15(10-20-11-16(17)21-22-18)14-8-4-7-13(9-14)12-5-2-1-3-6-12/h1-11H,(H3,19,21,22). The maximum absolute atomic E-state index is 5.99. The number of rotatable bonds is 2. The molecule has 0 aliphatic carbocycles. The molecule has 0 aliphatic heterocycles. The highest BCUT2D eigenvalue weighted by Crippen LogP contribution is 2.32. The van der Waals surface area contributed by atoms with Gasteiger partial charge in [0.15, 0.2) is 5.82 Å². The predicted molar refractivity (Wildman–Crippen MR) is 89.2 cm³/mol. The molecule has 4 heteroatoms. The molecule has 0 saturated carbocycles. The zero-order valence-corrected chi connectivity index (χ0v) is 11.8. The van der Waals surface area contributed by atoms with Crippen molar-refractivity contribution in [3.63, 3.8) is 0 Å². The molecule has 0 saturated heterocycles.